The van der Waals surface area contributed by atoms with Crippen LogP contribution in [0.15, 0.2) is 60.7 Å². The van der Waals surface area contributed by atoms with Crippen molar-refractivity contribution in [3.05, 3.63) is 66.5 Å². The number of rotatable bonds is 4. The molecule has 110 valence electrons. The van der Waals surface area contributed by atoms with Gasteiger partial charge in [-0.1, -0.05) is 67.6 Å². The summed E-state index contributed by atoms with van der Waals surface area (Å²) in [6, 6.07) is 19.6. The van der Waals surface area contributed by atoms with Gasteiger partial charge in [-0.25, -0.2) is 15.0 Å². The Kier molecular flexibility index (Phi) is 4.21. The number of aromatic nitrogens is 3. The molecule has 4 heteroatoms. The van der Waals surface area contributed by atoms with Crippen LogP contribution in [0.3, 0.4) is 0 Å². The minimum atomic E-state index is -0.132. The second kappa shape index (κ2) is 6.45. The number of nitrogens with zero attached hydrogens (tertiary/aromatic N) is 3. The van der Waals surface area contributed by atoms with Crippen molar-refractivity contribution in [2.75, 3.05) is 6.61 Å². The van der Waals surface area contributed by atoms with Gasteiger partial charge >= 0.3 is 0 Å². The number of hydrogen-bond acceptors (Lipinski definition) is 4. The highest BCUT2D eigenvalue weighted by Crippen LogP contribution is 2.22. The van der Waals surface area contributed by atoms with Crippen LogP contribution in [0.25, 0.3) is 22.8 Å². The zero-order valence-corrected chi connectivity index (χ0v) is 12.3. The van der Waals surface area contributed by atoms with Crippen LogP contribution in [0.5, 0.6) is 0 Å². The quantitative estimate of drug-likeness (QED) is 0.801. The van der Waals surface area contributed by atoms with Crippen LogP contribution in [-0.2, 0) is 0 Å². The molecule has 0 aliphatic carbocycles. The predicted octanol–water partition coefficient (Wildman–Crippen LogP) is 3.30. The first-order valence-electron chi connectivity index (χ1n) is 7.25. The topological polar surface area (TPSA) is 58.9 Å². The van der Waals surface area contributed by atoms with E-state index in [0.29, 0.717) is 17.5 Å². The van der Waals surface area contributed by atoms with Gasteiger partial charge in [-0.2, -0.15) is 0 Å². The first-order chi connectivity index (χ1) is 10.8. The van der Waals surface area contributed by atoms with E-state index in [0.717, 1.165) is 11.1 Å². The molecule has 1 heterocycles. The maximum atomic E-state index is 9.41. The Morgan fingerprint density at radius 1 is 0.773 bits per heavy atom. The summed E-state index contributed by atoms with van der Waals surface area (Å²) in [5.74, 6) is 1.73. The van der Waals surface area contributed by atoms with Gasteiger partial charge in [0.1, 0.15) is 5.82 Å². The molecule has 0 aliphatic heterocycles. The monoisotopic (exact) mass is 291 g/mol. The van der Waals surface area contributed by atoms with Crippen molar-refractivity contribution < 1.29 is 5.11 Å². The molecule has 0 bridgehead atoms. The first-order valence-corrected chi connectivity index (χ1v) is 7.25. The molecule has 0 spiro atoms. The van der Waals surface area contributed by atoms with E-state index in [1.165, 1.54) is 0 Å². The van der Waals surface area contributed by atoms with Crippen LogP contribution >= 0.6 is 0 Å². The minimum absolute atomic E-state index is 0.00642. The Labute approximate surface area is 129 Å². The summed E-state index contributed by atoms with van der Waals surface area (Å²) in [5, 5.41) is 9.41. The third-order valence-corrected chi connectivity index (χ3v) is 3.43. The average molecular weight is 291 g/mol. The van der Waals surface area contributed by atoms with Crippen LogP contribution in [0, 0.1) is 0 Å². The van der Waals surface area contributed by atoms with E-state index in [1.807, 2.05) is 67.6 Å². The Hall–Kier alpha value is -2.59. The summed E-state index contributed by atoms with van der Waals surface area (Å²) in [5.41, 5.74) is 1.88. The van der Waals surface area contributed by atoms with Crippen LogP contribution in [0.1, 0.15) is 18.7 Å². The van der Waals surface area contributed by atoms with E-state index >= 15 is 0 Å². The molecule has 4 nitrogen and oxygen atoms in total. The van der Waals surface area contributed by atoms with Gasteiger partial charge in [0.25, 0.3) is 0 Å². The van der Waals surface area contributed by atoms with Crippen LogP contribution in [0.2, 0.25) is 0 Å². The molecule has 22 heavy (non-hydrogen) atoms. The fourth-order valence-corrected chi connectivity index (χ4v) is 2.13. The zero-order valence-electron chi connectivity index (χ0n) is 12.3. The predicted molar refractivity (Wildman–Crippen MR) is 86.2 cm³/mol. The molecule has 0 saturated heterocycles. The first kappa shape index (κ1) is 14.4. The summed E-state index contributed by atoms with van der Waals surface area (Å²) in [4.78, 5) is 13.6. The van der Waals surface area contributed by atoms with Crippen molar-refractivity contribution in [1.29, 1.82) is 0 Å². The van der Waals surface area contributed by atoms with Crippen molar-refractivity contribution >= 4 is 0 Å². The minimum Gasteiger partial charge on any atom is -0.396 e. The Morgan fingerprint density at radius 3 is 1.64 bits per heavy atom. The van der Waals surface area contributed by atoms with Gasteiger partial charge in [-0.05, 0) is 0 Å². The average Bonchev–Trinajstić information content (AvgIpc) is 2.62. The van der Waals surface area contributed by atoms with E-state index in [2.05, 4.69) is 15.0 Å². The van der Waals surface area contributed by atoms with E-state index in [4.69, 9.17) is 0 Å². The number of benzene rings is 2. The smallest absolute Gasteiger partial charge is 0.163 e. The van der Waals surface area contributed by atoms with E-state index < -0.39 is 0 Å². The lowest BCUT2D eigenvalue weighted by Gasteiger charge is -2.11. The highest BCUT2D eigenvalue weighted by atomic mass is 16.3. The summed E-state index contributed by atoms with van der Waals surface area (Å²) in [7, 11) is 0. The van der Waals surface area contributed by atoms with Crippen molar-refractivity contribution in [2.45, 2.75) is 12.8 Å². The molecule has 1 atom stereocenters. The molecule has 1 unspecified atom stereocenters. The fraction of sp³-hybridized carbons (Fsp3) is 0.167. The molecule has 3 rings (SSSR count). The van der Waals surface area contributed by atoms with Crippen molar-refractivity contribution in [3.8, 4) is 22.8 Å². The number of aliphatic hydroxyl groups is 1. The van der Waals surface area contributed by atoms with Crippen LogP contribution < -0.4 is 0 Å². The van der Waals surface area contributed by atoms with Gasteiger partial charge in [0.05, 0.1) is 6.61 Å². The molecular formula is C18H17N3O. The van der Waals surface area contributed by atoms with E-state index in [9.17, 15) is 5.11 Å². The molecular weight excluding hydrogens is 274 g/mol. The highest BCUT2D eigenvalue weighted by molar-refractivity contribution is 5.60. The van der Waals surface area contributed by atoms with Crippen molar-refractivity contribution in [2.24, 2.45) is 0 Å². The molecule has 0 amide bonds. The molecule has 3 aromatic rings. The number of hydrogen-bond donors (Lipinski definition) is 1. The van der Waals surface area contributed by atoms with Crippen LogP contribution in [-0.4, -0.2) is 26.7 Å². The third-order valence-electron chi connectivity index (χ3n) is 3.43. The van der Waals surface area contributed by atoms with Gasteiger partial charge in [-0.3, -0.25) is 0 Å². The van der Waals surface area contributed by atoms with Crippen LogP contribution in [0.4, 0.5) is 0 Å². The normalized spacial score (nSPS) is 12.1. The lowest BCUT2D eigenvalue weighted by atomic mass is 10.1. The highest BCUT2D eigenvalue weighted by Gasteiger charge is 2.14. The zero-order chi connectivity index (χ0) is 15.4. The molecule has 2 aromatic carbocycles. The summed E-state index contributed by atoms with van der Waals surface area (Å²) < 4.78 is 0. The largest absolute Gasteiger partial charge is 0.396 e. The molecule has 0 saturated carbocycles. The summed E-state index contributed by atoms with van der Waals surface area (Å²) >= 11 is 0. The van der Waals surface area contributed by atoms with Gasteiger partial charge in [-0.15, -0.1) is 0 Å². The standard InChI is InChI=1S/C18H17N3O/c1-13(12-22)16-19-17(14-8-4-2-5-9-14)21-18(20-16)15-10-6-3-7-11-15/h2-11,13,22H,12H2,1H3. The van der Waals surface area contributed by atoms with Gasteiger partial charge in [0.2, 0.25) is 0 Å². The maximum absolute atomic E-state index is 9.41. The second-order valence-corrected chi connectivity index (χ2v) is 5.16. The second-order valence-electron chi connectivity index (χ2n) is 5.16. The molecule has 0 fully saturated rings. The lowest BCUT2D eigenvalue weighted by Crippen LogP contribution is -2.08. The van der Waals surface area contributed by atoms with Gasteiger partial charge in [0.15, 0.2) is 11.6 Å². The molecule has 1 aromatic heterocycles. The fourth-order valence-electron chi connectivity index (χ4n) is 2.13. The van der Waals surface area contributed by atoms with E-state index in [-0.39, 0.29) is 12.5 Å². The summed E-state index contributed by atoms with van der Waals surface area (Å²) in [6.07, 6.45) is 0. The van der Waals surface area contributed by atoms with Crippen molar-refractivity contribution in [1.82, 2.24) is 15.0 Å². The Morgan fingerprint density at radius 2 is 1.23 bits per heavy atom. The van der Waals surface area contributed by atoms with Gasteiger partial charge < -0.3 is 5.11 Å². The van der Waals surface area contributed by atoms with Gasteiger partial charge in [0, 0.05) is 17.0 Å². The molecule has 0 aliphatic rings. The molecule has 1 N–H and O–H groups in total. The Bertz CT molecular complexity index is 687. The van der Waals surface area contributed by atoms with Crippen molar-refractivity contribution in [3.63, 3.8) is 0 Å². The third kappa shape index (κ3) is 3.02. The Balaban J connectivity index is 2.14. The SMILES string of the molecule is CC(CO)c1nc(-c2ccccc2)nc(-c2ccccc2)n1. The maximum Gasteiger partial charge on any atom is 0.163 e. The molecule has 0 radical (unpaired) electrons. The number of aliphatic hydroxyl groups excluding tert-OH is 1. The van der Waals surface area contributed by atoms with E-state index in [1.54, 1.807) is 0 Å². The summed E-state index contributed by atoms with van der Waals surface area (Å²) in [6.45, 7) is 1.91. The lowest BCUT2D eigenvalue weighted by molar-refractivity contribution is 0.268.